The van der Waals surface area contributed by atoms with E-state index in [2.05, 4.69) is 21.2 Å². The van der Waals surface area contributed by atoms with Crippen molar-refractivity contribution >= 4 is 39.1 Å². The molecular formula is C14H11BrClFN2O. The van der Waals surface area contributed by atoms with E-state index in [1.807, 2.05) is 0 Å². The summed E-state index contributed by atoms with van der Waals surface area (Å²) in [5.74, 6) is -1.29. The summed E-state index contributed by atoms with van der Waals surface area (Å²) in [6.07, 6.45) is 0. The summed E-state index contributed by atoms with van der Waals surface area (Å²) in [6, 6.07) is 10.3. The topological polar surface area (TPSA) is 55.1 Å². The third-order valence-corrected chi connectivity index (χ3v) is 3.59. The summed E-state index contributed by atoms with van der Waals surface area (Å²) in [5.41, 5.74) is 6.03. The van der Waals surface area contributed by atoms with Crippen LogP contribution in [0.4, 0.5) is 10.1 Å². The van der Waals surface area contributed by atoms with Gasteiger partial charge in [-0.1, -0.05) is 33.6 Å². The lowest BCUT2D eigenvalue weighted by Gasteiger charge is -2.19. The van der Waals surface area contributed by atoms with E-state index in [0.29, 0.717) is 5.69 Å². The van der Waals surface area contributed by atoms with Crippen molar-refractivity contribution in [3.05, 3.63) is 63.3 Å². The highest BCUT2D eigenvalue weighted by Gasteiger charge is 2.24. The van der Waals surface area contributed by atoms with Crippen molar-refractivity contribution in [1.82, 2.24) is 0 Å². The van der Waals surface area contributed by atoms with Crippen molar-refractivity contribution < 1.29 is 9.18 Å². The van der Waals surface area contributed by atoms with Crippen molar-refractivity contribution in [2.45, 2.75) is 6.04 Å². The zero-order valence-corrected chi connectivity index (χ0v) is 12.6. The highest BCUT2D eigenvalue weighted by molar-refractivity contribution is 9.10. The number of benzene rings is 2. The molecule has 2 aromatic rings. The monoisotopic (exact) mass is 356 g/mol. The van der Waals surface area contributed by atoms with Gasteiger partial charge in [-0.05, 0) is 36.4 Å². The lowest BCUT2D eigenvalue weighted by atomic mass is 10.0. The van der Waals surface area contributed by atoms with Gasteiger partial charge in [0, 0.05) is 20.7 Å². The van der Waals surface area contributed by atoms with Gasteiger partial charge in [-0.15, -0.1) is 0 Å². The summed E-state index contributed by atoms with van der Waals surface area (Å²) < 4.78 is 14.8. The van der Waals surface area contributed by atoms with Gasteiger partial charge >= 0.3 is 0 Å². The first kappa shape index (κ1) is 14.8. The minimum atomic E-state index is -1.04. The third-order valence-electron chi connectivity index (χ3n) is 2.73. The maximum Gasteiger partial charge on any atom is 0.244 e. The zero-order valence-electron chi connectivity index (χ0n) is 10.2. The fraction of sp³-hybridized carbons (Fsp3) is 0.0714. The van der Waals surface area contributed by atoms with Gasteiger partial charge in [0.2, 0.25) is 5.91 Å². The average Bonchev–Trinajstić information content (AvgIpc) is 2.39. The third kappa shape index (κ3) is 3.29. The molecule has 20 heavy (non-hydrogen) atoms. The maximum absolute atomic E-state index is 13.9. The highest BCUT2D eigenvalue weighted by atomic mass is 79.9. The lowest BCUT2D eigenvalue weighted by Crippen LogP contribution is -2.28. The predicted octanol–water partition coefficient (Wildman–Crippen LogP) is 3.88. The van der Waals surface area contributed by atoms with Crippen LogP contribution in [0.5, 0.6) is 0 Å². The fourth-order valence-electron chi connectivity index (χ4n) is 1.78. The quantitative estimate of drug-likeness (QED) is 0.872. The normalized spacial score (nSPS) is 11.9. The van der Waals surface area contributed by atoms with Crippen molar-refractivity contribution in [3.8, 4) is 0 Å². The number of anilines is 1. The molecule has 0 aromatic heterocycles. The van der Waals surface area contributed by atoms with E-state index in [1.54, 1.807) is 24.3 Å². The molecule has 3 N–H and O–H groups in total. The Morgan fingerprint density at radius 1 is 1.25 bits per heavy atom. The standard InChI is InChI=1S/C14H11BrClFN2O/c15-8-4-6-9(7-5-8)19-13(14(18)20)12-10(16)2-1-3-11(12)17/h1-7,13,19H,(H2,18,20). The van der Waals surface area contributed by atoms with E-state index in [9.17, 15) is 9.18 Å². The van der Waals surface area contributed by atoms with Crippen LogP contribution in [0.15, 0.2) is 46.9 Å². The minimum absolute atomic E-state index is 0.0459. The molecule has 6 heteroatoms. The second-order valence-corrected chi connectivity index (χ2v) is 5.44. The Bertz CT molecular complexity index is 613. The summed E-state index contributed by atoms with van der Waals surface area (Å²) in [7, 11) is 0. The Labute approximate surface area is 129 Å². The molecule has 1 amide bonds. The van der Waals surface area contributed by atoms with Gasteiger partial charge in [0.1, 0.15) is 11.9 Å². The van der Waals surface area contributed by atoms with E-state index in [-0.39, 0.29) is 10.6 Å². The van der Waals surface area contributed by atoms with Gasteiger partial charge in [-0.2, -0.15) is 0 Å². The molecule has 0 heterocycles. The number of halogens is 3. The van der Waals surface area contributed by atoms with Gasteiger partial charge < -0.3 is 11.1 Å². The van der Waals surface area contributed by atoms with Crippen LogP contribution in [0.1, 0.15) is 11.6 Å². The van der Waals surface area contributed by atoms with E-state index >= 15 is 0 Å². The Balaban J connectivity index is 2.37. The number of carbonyl (C=O) groups is 1. The number of nitrogens with two attached hydrogens (primary N) is 1. The second kappa shape index (κ2) is 6.24. The van der Waals surface area contributed by atoms with E-state index in [4.69, 9.17) is 17.3 Å². The molecule has 0 saturated carbocycles. The van der Waals surface area contributed by atoms with Gasteiger partial charge in [-0.25, -0.2) is 4.39 Å². The van der Waals surface area contributed by atoms with E-state index in [1.165, 1.54) is 18.2 Å². The summed E-state index contributed by atoms with van der Waals surface area (Å²) in [6.45, 7) is 0. The molecule has 0 aliphatic carbocycles. The second-order valence-electron chi connectivity index (χ2n) is 4.12. The number of hydrogen-bond acceptors (Lipinski definition) is 2. The number of primary amides is 1. The summed E-state index contributed by atoms with van der Waals surface area (Å²) in [5, 5.41) is 3.04. The van der Waals surface area contributed by atoms with Gasteiger partial charge in [0.25, 0.3) is 0 Å². The van der Waals surface area contributed by atoms with Crippen LogP contribution in [0.3, 0.4) is 0 Å². The summed E-state index contributed by atoms with van der Waals surface area (Å²) >= 11 is 9.27. The number of hydrogen-bond donors (Lipinski definition) is 2. The van der Waals surface area contributed by atoms with Crippen LogP contribution in [-0.2, 0) is 4.79 Å². The SMILES string of the molecule is NC(=O)C(Nc1ccc(Br)cc1)c1c(F)cccc1Cl. The molecular weight excluding hydrogens is 347 g/mol. The van der Waals surface area contributed by atoms with Crippen LogP contribution >= 0.6 is 27.5 Å². The van der Waals surface area contributed by atoms with Gasteiger partial charge in [-0.3, -0.25) is 4.79 Å². The molecule has 1 unspecified atom stereocenters. The Hall–Kier alpha value is -1.59. The van der Waals surface area contributed by atoms with Crippen molar-refractivity contribution in [1.29, 1.82) is 0 Å². The van der Waals surface area contributed by atoms with Crippen LogP contribution in [0.25, 0.3) is 0 Å². The van der Waals surface area contributed by atoms with Crippen molar-refractivity contribution in [2.24, 2.45) is 5.73 Å². The largest absolute Gasteiger partial charge is 0.370 e. The molecule has 1 atom stereocenters. The molecule has 104 valence electrons. The Morgan fingerprint density at radius 2 is 1.90 bits per heavy atom. The molecule has 0 bridgehead atoms. The van der Waals surface area contributed by atoms with E-state index < -0.39 is 17.8 Å². The first-order chi connectivity index (χ1) is 9.49. The Kier molecular flexibility index (Phi) is 4.62. The van der Waals surface area contributed by atoms with Crippen molar-refractivity contribution in [3.63, 3.8) is 0 Å². The molecule has 2 rings (SSSR count). The zero-order chi connectivity index (χ0) is 14.7. The molecule has 0 aliphatic rings. The number of amides is 1. The maximum atomic E-state index is 13.9. The number of nitrogens with one attached hydrogen (secondary N) is 1. The van der Waals surface area contributed by atoms with Gasteiger partial charge in [0.05, 0.1) is 0 Å². The van der Waals surface area contributed by atoms with Crippen LogP contribution in [0.2, 0.25) is 5.02 Å². The van der Waals surface area contributed by atoms with Crippen molar-refractivity contribution in [2.75, 3.05) is 5.32 Å². The molecule has 0 saturated heterocycles. The molecule has 0 aliphatic heterocycles. The Morgan fingerprint density at radius 3 is 2.45 bits per heavy atom. The van der Waals surface area contributed by atoms with Crippen LogP contribution < -0.4 is 11.1 Å². The average molecular weight is 358 g/mol. The van der Waals surface area contributed by atoms with Crippen LogP contribution in [0, 0.1) is 5.82 Å². The molecule has 0 fully saturated rings. The fourth-order valence-corrected chi connectivity index (χ4v) is 2.32. The van der Waals surface area contributed by atoms with Gasteiger partial charge in [0.15, 0.2) is 0 Å². The highest BCUT2D eigenvalue weighted by Crippen LogP contribution is 2.29. The first-order valence-corrected chi connectivity index (χ1v) is 6.91. The number of carbonyl (C=O) groups excluding carboxylic acids is 1. The van der Waals surface area contributed by atoms with Crippen LogP contribution in [-0.4, -0.2) is 5.91 Å². The summed E-state index contributed by atoms with van der Waals surface area (Å²) in [4.78, 5) is 11.6. The predicted molar refractivity (Wildman–Crippen MR) is 81.1 cm³/mol. The molecule has 3 nitrogen and oxygen atoms in total. The lowest BCUT2D eigenvalue weighted by molar-refractivity contribution is -0.118. The first-order valence-electron chi connectivity index (χ1n) is 5.74. The molecule has 2 aromatic carbocycles. The minimum Gasteiger partial charge on any atom is -0.370 e. The molecule has 0 radical (unpaired) electrons. The van der Waals surface area contributed by atoms with E-state index in [0.717, 1.165) is 4.47 Å². The smallest absolute Gasteiger partial charge is 0.244 e. The number of rotatable bonds is 4. The molecule has 0 spiro atoms.